The molecule has 1 aromatic rings. The number of para-hydroxylation sites is 1. The van der Waals surface area contributed by atoms with E-state index in [0.29, 0.717) is 6.04 Å². The summed E-state index contributed by atoms with van der Waals surface area (Å²) in [4.78, 5) is 2.48. The monoisotopic (exact) mass is 275 g/mol. The molecule has 1 saturated heterocycles. The molecule has 2 rings (SSSR count). The molecule has 1 aliphatic rings. The number of rotatable bonds is 6. The average molecular weight is 275 g/mol. The van der Waals surface area contributed by atoms with Gasteiger partial charge in [0, 0.05) is 24.8 Å². The van der Waals surface area contributed by atoms with Gasteiger partial charge in [0.15, 0.2) is 0 Å². The Kier molecular flexibility index (Phi) is 6.09. The second-order valence-electron chi connectivity index (χ2n) is 5.30. The number of aliphatic hydroxyl groups is 1. The van der Waals surface area contributed by atoms with Crippen LogP contribution in [0.2, 0.25) is 0 Å². The Bertz CT molecular complexity index is 429. The lowest BCUT2D eigenvalue weighted by Gasteiger charge is -2.34. The summed E-state index contributed by atoms with van der Waals surface area (Å²) in [5.74, 6) is 0.911. The van der Waals surface area contributed by atoms with Crippen molar-refractivity contribution < 1.29 is 9.84 Å². The van der Waals surface area contributed by atoms with Gasteiger partial charge in [0.2, 0.25) is 0 Å². The van der Waals surface area contributed by atoms with Crippen molar-refractivity contribution in [2.45, 2.75) is 31.7 Å². The van der Waals surface area contributed by atoms with Crippen LogP contribution in [-0.2, 0) is 0 Å². The molecule has 1 aromatic carbocycles. The molecule has 3 heteroatoms. The van der Waals surface area contributed by atoms with Crippen LogP contribution in [0, 0.1) is 0 Å². The van der Waals surface area contributed by atoms with Gasteiger partial charge in [-0.3, -0.25) is 4.90 Å². The van der Waals surface area contributed by atoms with Crippen LogP contribution in [0.4, 0.5) is 0 Å². The van der Waals surface area contributed by atoms with Crippen molar-refractivity contribution in [1.82, 2.24) is 4.90 Å². The van der Waals surface area contributed by atoms with Crippen molar-refractivity contribution in [3.8, 4) is 5.75 Å². The summed E-state index contributed by atoms with van der Waals surface area (Å²) in [6.07, 6.45) is 8.99. The number of hydrogen-bond donors (Lipinski definition) is 1. The minimum Gasteiger partial charge on any atom is -0.496 e. The molecule has 0 amide bonds. The third-order valence-electron chi connectivity index (χ3n) is 3.99. The van der Waals surface area contributed by atoms with Gasteiger partial charge in [-0.1, -0.05) is 36.8 Å². The molecule has 0 aromatic heterocycles. The van der Waals surface area contributed by atoms with Crippen LogP contribution >= 0.6 is 0 Å². The molecule has 0 radical (unpaired) electrons. The summed E-state index contributed by atoms with van der Waals surface area (Å²) < 4.78 is 5.35. The fourth-order valence-corrected chi connectivity index (χ4v) is 2.90. The van der Waals surface area contributed by atoms with Gasteiger partial charge < -0.3 is 9.84 Å². The van der Waals surface area contributed by atoms with E-state index in [9.17, 15) is 0 Å². The number of ether oxygens (including phenoxy) is 1. The summed E-state index contributed by atoms with van der Waals surface area (Å²) in [5.41, 5.74) is 1.12. The molecule has 20 heavy (non-hydrogen) atoms. The minimum absolute atomic E-state index is 0.289. The van der Waals surface area contributed by atoms with Crippen LogP contribution in [-0.4, -0.2) is 42.9 Å². The highest BCUT2D eigenvalue weighted by atomic mass is 16.5. The normalized spacial score (nSPS) is 20.4. The van der Waals surface area contributed by atoms with E-state index < -0.39 is 0 Å². The first kappa shape index (κ1) is 15.1. The average Bonchev–Trinajstić information content (AvgIpc) is 2.50. The second-order valence-corrected chi connectivity index (χ2v) is 5.30. The van der Waals surface area contributed by atoms with Crippen molar-refractivity contribution in [2.75, 3.05) is 26.8 Å². The lowest BCUT2D eigenvalue weighted by atomic mass is 9.99. The van der Waals surface area contributed by atoms with Crippen LogP contribution in [0.25, 0.3) is 6.08 Å². The maximum absolute atomic E-state index is 9.15. The van der Waals surface area contributed by atoms with Crippen molar-refractivity contribution in [2.24, 2.45) is 0 Å². The van der Waals surface area contributed by atoms with E-state index in [-0.39, 0.29) is 6.61 Å². The first-order valence-electron chi connectivity index (χ1n) is 7.49. The quantitative estimate of drug-likeness (QED) is 0.866. The van der Waals surface area contributed by atoms with E-state index in [1.807, 2.05) is 18.2 Å². The Balaban J connectivity index is 1.94. The van der Waals surface area contributed by atoms with Gasteiger partial charge in [-0.2, -0.15) is 0 Å². The predicted molar refractivity (Wildman–Crippen MR) is 82.9 cm³/mol. The number of hydrogen-bond acceptors (Lipinski definition) is 3. The summed E-state index contributed by atoms with van der Waals surface area (Å²) >= 11 is 0. The molecule has 1 unspecified atom stereocenters. The van der Waals surface area contributed by atoms with Gasteiger partial charge in [-0.25, -0.2) is 0 Å². The Labute approximate surface area is 121 Å². The molecule has 1 N–H and O–H groups in total. The van der Waals surface area contributed by atoms with Crippen LogP contribution in [0.15, 0.2) is 30.3 Å². The molecule has 1 fully saturated rings. The standard InChI is InChI=1S/C17H25NO2/c1-20-17-10-3-2-7-15(17)8-6-13-18-12-5-4-9-16(18)11-14-19/h2-3,6-8,10,16,19H,4-5,9,11-14H2,1H3/b8-6+. The number of aliphatic hydroxyl groups excluding tert-OH is 1. The van der Waals surface area contributed by atoms with Gasteiger partial charge in [0.25, 0.3) is 0 Å². The zero-order valence-electron chi connectivity index (χ0n) is 12.3. The third-order valence-corrected chi connectivity index (χ3v) is 3.99. The lowest BCUT2D eigenvalue weighted by Crippen LogP contribution is -2.40. The Hall–Kier alpha value is -1.32. The fourth-order valence-electron chi connectivity index (χ4n) is 2.90. The summed E-state index contributed by atoms with van der Waals surface area (Å²) in [5, 5.41) is 9.15. The first-order chi connectivity index (χ1) is 9.85. The third kappa shape index (κ3) is 4.09. The van der Waals surface area contributed by atoms with E-state index in [1.54, 1.807) is 7.11 Å². The number of nitrogens with zero attached hydrogens (tertiary/aromatic N) is 1. The summed E-state index contributed by atoms with van der Waals surface area (Å²) in [6, 6.07) is 8.60. The first-order valence-corrected chi connectivity index (χ1v) is 7.49. The van der Waals surface area contributed by atoms with Crippen LogP contribution < -0.4 is 4.74 Å². The smallest absolute Gasteiger partial charge is 0.126 e. The number of likely N-dealkylation sites (tertiary alicyclic amines) is 1. The van der Waals surface area contributed by atoms with E-state index in [0.717, 1.165) is 30.8 Å². The number of piperidine rings is 1. The molecular weight excluding hydrogens is 250 g/mol. The SMILES string of the molecule is COc1ccccc1/C=C/CN1CCCCC1CCO. The van der Waals surface area contributed by atoms with E-state index in [2.05, 4.69) is 23.1 Å². The molecule has 1 atom stereocenters. The molecule has 1 heterocycles. The lowest BCUT2D eigenvalue weighted by molar-refractivity contribution is 0.132. The highest BCUT2D eigenvalue weighted by Crippen LogP contribution is 2.21. The van der Waals surface area contributed by atoms with Gasteiger partial charge in [-0.05, 0) is 31.9 Å². The van der Waals surface area contributed by atoms with Crippen molar-refractivity contribution in [3.63, 3.8) is 0 Å². The molecule has 0 bridgehead atoms. The van der Waals surface area contributed by atoms with Crippen LogP contribution in [0.3, 0.4) is 0 Å². The molecule has 0 aliphatic carbocycles. The Morgan fingerprint density at radius 3 is 3.00 bits per heavy atom. The van der Waals surface area contributed by atoms with E-state index >= 15 is 0 Å². The molecule has 110 valence electrons. The summed E-state index contributed by atoms with van der Waals surface area (Å²) in [6.45, 7) is 2.38. The highest BCUT2D eigenvalue weighted by molar-refractivity contribution is 5.57. The maximum atomic E-state index is 9.15. The molecular formula is C17H25NO2. The van der Waals surface area contributed by atoms with Crippen LogP contribution in [0.5, 0.6) is 5.75 Å². The molecule has 1 aliphatic heterocycles. The zero-order valence-corrected chi connectivity index (χ0v) is 12.3. The van der Waals surface area contributed by atoms with Gasteiger partial charge in [-0.15, -0.1) is 0 Å². The number of methoxy groups -OCH3 is 1. The highest BCUT2D eigenvalue weighted by Gasteiger charge is 2.20. The minimum atomic E-state index is 0.289. The van der Waals surface area contributed by atoms with E-state index in [1.165, 1.54) is 19.3 Å². The fraction of sp³-hybridized carbons (Fsp3) is 0.529. The van der Waals surface area contributed by atoms with Crippen LogP contribution in [0.1, 0.15) is 31.2 Å². The molecule has 3 nitrogen and oxygen atoms in total. The summed E-state index contributed by atoms with van der Waals surface area (Å²) in [7, 11) is 1.70. The zero-order chi connectivity index (χ0) is 14.2. The molecule has 0 spiro atoms. The van der Waals surface area contributed by atoms with Crippen molar-refractivity contribution in [1.29, 1.82) is 0 Å². The number of benzene rings is 1. The molecule has 0 saturated carbocycles. The maximum Gasteiger partial charge on any atom is 0.126 e. The van der Waals surface area contributed by atoms with Crippen molar-refractivity contribution >= 4 is 6.08 Å². The predicted octanol–water partition coefficient (Wildman–Crippen LogP) is 2.95. The van der Waals surface area contributed by atoms with Gasteiger partial charge in [0.1, 0.15) is 5.75 Å². The van der Waals surface area contributed by atoms with Crippen molar-refractivity contribution in [3.05, 3.63) is 35.9 Å². The topological polar surface area (TPSA) is 32.7 Å². The largest absolute Gasteiger partial charge is 0.496 e. The van der Waals surface area contributed by atoms with E-state index in [4.69, 9.17) is 9.84 Å². The van der Waals surface area contributed by atoms with Gasteiger partial charge >= 0.3 is 0 Å². The Morgan fingerprint density at radius 1 is 1.35 bits per heavy atom. The van der Waals surface area contributed by atoms with Gasteiger partial charge in [0.05, 0.1) is 7.11 Å². The Morgan fingerprint density at radius 2 is 2.20 bits per heavy atom. The second kappa shape index (κ2) is 8.08.